The van der Waals surface area contributed by atoms with Gasteiger partial charge in [0.2, 0.25) is 5.91 Å². The molecular weight excluding hydrogens is 669 g/mol. The lowest BCUT2D eigenvalue weighted by molar-refractivity contribution is -0.140. The molecular formula is C26H19Cl3F10N2O2. The fourth-order valence-corrected chi connectivity index (χ4v) is 4.59. The quantitative estimate of drug-likeness (QED) is 0.157. The van der Waals surface area contributed by atoms with E-state index in [4.69, 9.17) is 34.8 Å². The number of nitrogens with one attached hydrogen (secondary N) is 2. The van der Waals surface area contributed by atoms with Crippen LogP contribution in [0.3, 0.4) is 0 Å². The van der Waals surface area contributed by atoms with Crippen molar-refractivity contribution >= 4 is 52.4 Å². The van der Waals surface area contributed by atoms with Gasteiger partial charge in [0.1, 0.15) is 17.3 Å². The number of hydrogen-bond acceptors (Lipinski definition) is 2. The van der Waals surface area contributed by atoms with E-state index in [0.29, 0.717) is 12.1 Å². The Bertz CT molecular complexity index is 1390. The minimum Gasteiger partial charge on any atom is -0.354 e. The van der Waals surface area contributed by atoms with Crippen molar-refractivity contribution in [2.45, 2.75) is 55.7 Å². The van der Waals surface area contributed by atoms with Crippen LogP contribution in [0.4, 0.5) is 43.9 Å². The van der Waals surface area contributed by atoms with Crippen LogP contribution in [-0.4, -0.2) is 36.3 Å². The van der Waals surface area contributed by atoms with Crippen LogP contribution in [0.25, 0.3) is 5.83 Å². The number of carbonyl (C=O) groups is 2. The Hall–Kier alpha value is -2.71. The van der Waals surface area contributed by atoms with Crippen molar-refractivity contribution in [3.8, 4) is 0 Å². The predicted molar refractivity (Wildman–Crippen MR) is 139 cm³/mol. The zero-order chi connectivity index (χ0) is 32.5. The second-order valence-corrected chi connectivity index (χ2v) is 10.8. The van der Waals surface area contributed by atoms with Crippen molar-refractivity contribution in [3.05, 3.63) is 73.7 Å². The van der Waals surface area contributed by atoms with Gasteiger partial charge in [0.05, 0.1) is 26.2 Å². The first-order valence-corrected chi connectivity index (χ1v) is 13.3. The smallest absolute Gasteiger partial charge is 0.354 e. The number of benzene rings is 2. The number of halogens is 13. The third-order valence-electron chi connectivity index (χ3n) is 6.34. The molecule has 0 radical (unpaired) electrons. The summed E-state index contributed by atoms with van der Waals surface area (Å²) in [6, 6.07) is 2.84. The first-order valence-electron chi connectivity index (χ1n) is 12.1. The minimum atomic E-state index is -5.29. The molecule has 236 valence electrons. The Morgan fingerprint density at radius 1 is 0.930 bits per heavy atom. The summed E-state index contributed by atoms with van der Waals surface area (Å²) in [5, 5.41) is 3.28. The molecule has 2 amide bonds. The molecule has 0 aliphatic heterocycles. The van der Waals surface area contributed by atoms with E-state index < -0.39 is 89.3 Å². The molecule has 43 heavy (non-hydrogen) atoms. The van der Waals surface area contributed by atoms with Crippen molar-refractivity contribution in [3.63, 3.8) is 0 Å². The lowest BCUT2D eigenvalue weighted by Crippen LogP contribution is -2.49. The monoisotopic (exact) mass is 686 g/mol. The van der Waals surface area contributed by atoms with Crippen molar-refractivity contribution in [2.75, 3.05) is 6.54 Å². The second kappa shape index (κ2) is 12.7. The van der Waals surface area contributed by atoms with Crippen LogP contribution < -0.4 is 10.6 Å². The number of rotatable bonds is 9. The maximum atomic E-state index is 15.1. The molecule has 2 aromatic rings. The maximum absolute atomic E-state index is 15.1. The fraction of sp³-hybridized carbons (Fsp3) is 0.385. The number of amides is 2. The van der Waals surface area contributed by atoms with Crippen molar-refractivity contribution in [1.82, 2.24) is 10.6 Å². The van der Waals surface area contributed by atoms with E-state index in [1.807, 2.05) is 0 Å². The summed E-state index contributed by atoms with van der Waals surface area (Å²) in [6.07, 6.45) is -16.6. The lowest BCUT2D eigenvalue weighted by Gasteiger charge is -2.20. The minimum absolute atomic E-state index is 0.00738. The number of allylic oxidation sites excluding steroid dienone is 1. The van der Waals surface area contributed by atoms with Gasteiger partial charge in [0.25, 0.3) is 5.91 Å². The molecule has 1 unspecified atom stereocenters. The van der Waals surface area contributed by atoms with Crippen molar-refractivity contribution in [2.24, 2.45) is 0 Å². The van der Waals surface area contributed by atoms with Crippen LogP contribution in [0.5, 0.6) is 0 Å². The van der Waals surface area contributed by atoms with Gasteiger partial charge in [0, 0.05) is 18.5 Å². The van der Waals surface area contributed by atoms with E-state index in [-0.39, 0.29) is 40.1 Å². The van der Waals surface area contributed by atoms with E-state index in [9.17, 15) is 49.1 Å². The number of hydrogen-bond donors (Lipinski definition) is 2. The molecule has 0 heterocycles. The normalized spacial score (nSPS) is 16.1. The van der Waals surface area contributed by atoms with Crippen LogP contribution in [-0.2, 0) is 11.0 Å². The standard InChI is InChI=1S/C26H19Cl3F10N2O2/c27-17-9-13(10-18(28)20(17)29)15(25(34,35)36)11-19(30)12-2-3-14(16(8-12)26(37,38)39)21(42)41-23(5-6-23)22(43)40-7-1-4-24(31,32)33/h2-3,8-11,15H,1,4-7H2,(H,40,43)(H,41,42). The number of carbonyl (C=O) groups excluding carboxylic acids is 2. The van der Waals surface area contributed by atoms with Gasteiger partial charge in [-0.25, -0.2) is 4.39 Å². The molecule has 0 saturated heterocycles. The average molecular weight is 688 g/mol. The summed E-state index contributed by atoms with van der Waals surface area (Å²) in [5.74, 6) is -6.74. The predicted octanol–water partition coefficient (Wildman–Crippen LogP) is 9.04. The van der Waals surface area contributed by atoms with Gasteiger partial charge in [-0.05, 0) is 55.2 Å². The van der Waals surface area contributed by atoms with Gasteiger partial charge < -0.3 is 10.6 Å². The molecule has 2 N–H and O–H groups in total. The third kappa shape index (κ3) is 8.91. The second-order valence-electron chi connectivity index (χ2n) is 9.60. The zero-order valence-corrected chi connectivity index (χ0v) is 23.6. The van der Waals surface area contributed by atoms with Gasteiger partial charge in [-0.1, -0.05) is 40.9 Å². The molecule has 2 aromatic carbocycles. The van der Waals surface area contributed by atoms with Crippen LogP contribution in [0.1, 0.15) is 58.6 Å². The lowest BCUT2D eigenvalue weighted by atomic mass is 9.95. The van der Waals surface area contributed by atoms with E-state index in [1.165, 1.54) is 0 Å². The Labute approximate surface area is 252 Å². The van der Waals surface area contributed by atoms with E-state index >= 15 is 4.39 Å². The van der Waals surface area contributed by atoms with Crippen LogP contribution >= 0.6 is 34.8 Å². The molecule has 1 saturated carbocycles. The molecule has 1 fully saturated rings. The zero-order valence-electron chi connectivity index (χ0n) is 21.3. The van der Waals surface area contributed by atoms with Crippen molar-refractivity contribution in [1.29, 1.82) is 0 Å². The third-order valence-corrected chi connectivity index (χ3v) is 7.53. The van der Waals surface area contributed by atoms with E-state index in [1.54, 1.807) is 0 Å². The van der Waals surface area contributed by atoms with E-state index in [0.717, 1.165) is 12.1 Å². The van der Waals surface area contributed by atoms with Crippen LogP contribution in [0.2, 0.25) is 15.1 Å². The largest absolute Gasteiger partial charge is 0.417 e. The van der Waals surface area contributed by atoms with Gasteiger partial charge >= 0.3 is 18.5 Å². The molecule has 0 spiro atoms. The van der Waals surface area contributed by atoms with Gasteiger partial charge in [0.15, 0.2) is 0 Å². The highest BCUT2D eigenvalue weighted by Crippen LogP contribution is 2.43. The molecule has 1 aliphatic carbocycles. The summed E-state index contributed by atoms with van der Waals surface area (Å²) in [4.78, 5) is 25.2. The molecule has 0 aromatic heterocycles. The summed E-state index contributed by atoms with van der Waals surface area (Å²) < 4.78 is 135. The fourth-order valence-electron chi connectivity index (χ4n) is 3.98. The van der Waals surface area contributed by atoms with Crippen molar-refractivity contribution < 1.29 is 53.5 Å². The Balaban J connectivity index is 1.88. The van der Waals surface area contributed by atoms with Crippen LogP contribution in [0, 0.1) is 0 Å². The first kappa shape index (κ1) is 34.8. The Morgan fingerprint density at radius 3 is 2.00 bits per heavy atom. The molecule has 1 atom stereocenters. The Kier molecular flexibility index (Phi) is 10.3. The maximum Gasteiger partial charge on any atom is 0.417 e. The number of alkyl halides is 9. The molecule has 4 nitrogen and oxygen atoms in total. The molecule has 1 aliphatic rings. The van der Waals surface area contributed by atoms with Gasteiger partial charge in [-0.15, -0.1) is 0 Å². The summed E-state index contributed by atoms with van der Waals surface area (Å²) >= 11 is 17.3. The topological polar surface area (TPSA) is 58.2 Å². The van der Waals surface area contributed by atoms with Gasteiger partial charge in [-0.2, -0.15) is 39.5 Å². The SMILES string of the molecule is O=C(NC1(C(=O)NCCCC(F)(F)F)CC1)c1ccc(C(F)=CC(c2cc(Cl)c(Cl)c(Cl)c2)C(F)(F)F)cc1C(F)(F)F. The highest BCUT2D eigenvalue weighted by molar-refractivity contribution is 6.48. The Morgan fingerprint density at radius 2 is 1.51 bits per heavy atom. The van der Waals surface area contributed by atoms with Crippen LogP contribution in [0.15, 0.2) is 36.4 Å². The average Bonchev–Trinajstić information content (AvgIpc) is 3.66. The highest BCUT2D eigenvalue weighted by atomic mass is 35.5. The van der Waals surface area contributed by atoms with E-state index in [2.05, 4.69) is 10.6 Å². The first-order chi connectivity index (χ1) is 19.6. The molecule has 3 rings (SSSR count). The molecule has 0 bridgehead atoms. The summed E-state index contributed by atoms with van der Waals surface area (Å²) in [5.41, 5.74) is -6.05. The van der Waals surface area contributed by atoms with Gasteiger partial charge in [-0.3, -0.25) is 9.59 Å². The highest BCUT2D eigenvalue weighted by Gasteiger charge is 2.52. The summed E-state index contributed by atoms with van der Waals surface area (Å²) in [7, 11) is 0. The molecule has 17 heteroatoms. The summed E-state index contributed by atoms with van der Waals surface area (Å²) in [6.45, 7) is -0.405.